The number of carboxylic acids is 1. The number of aromatic carboxylic acids is 1. The molecule has 24 heavy (non-hydrogen) atoms. The van der Waals surface area contributed by atoms with E-state index in [1.807, 2.05) is 0 Å². The summed E-state index contributed by atoms with van der Waals surface area (Å²) in [5, 5.41) is 8.94. The summed E-state index contributed by atoms with van der Waals surface area (Å²) in [5.74, 6) is -2.75. The van der Waals surface area contributed by atoms with Crippen molar-refractivity contribution < 1.29 is 32.7 Å². The summed E-state index contributed by atoms with van der Waals surface area (Å²) in [4.78, 5) is 36.3. The molecule has 2 aromatic carbocycles. The predicted molar refractivity (Wildman–Crippen MR) is 76.0 cm³/mol. The van der Waals surface area contributed by atoms with Crippen molar-refractivity contribution in [1.82, 2.24) is 0 Å². The predicted octanol–water partition coefficient (Wildman–Crippen LogP) is 3.20. The fourth-order valence-corrected chi connectivity index (χ4v) is 2.41. The molecule has 0 spiro atoms. The number of alkyl halides is 3. The smallest absolute Gasteiger partial charge is 0.416 e. The highest BCUT2D eigenvalue weighted by molar-refractivity contribution is 6.34. The molecule has 2 amide bonds. The first-order chi connectivity index (χ1) is 11.2. The van der Waals surface area contributed by atoms with Crippen LogP contribution in [0.3, 0.4) is 0 Å². The summed E-state index contributed by atoms with van der Waals surface area (Å²) in [5.41, 5.74) is -1.18. The van der Waals surface area contributed by atoms with Gasteiger partial charge in [0, 0.05) is 0 Å². The molecule has 1 N–H and O–H groups in total. The lowest BCUT2D eigenvalue weighted by Crippen LogP contribution is -2.29. The Kier molecular flexibility index (Phi) is 3.40. The zero-order valence-electron chi connectivity index (χ0n) is 11.8. The highest BCUT2D eigenvalue weighted by Crippen LogP contribution is 2.33. The summed E-state index contributed by atoms with van der Waals surface area (Å²) < 4.78 is 37.7. The van der Waals surface area contributed by atoms with Crippen LogP contribution < -0.4 is 4.90 Å². The molecule has 0 radical (unpaired) electrons. The van der Waals surface area contributed by atoms with Crippen LogP contribution in [-0.2, 0) is 6.18 Å². The third kappa shape index (κ3) is 2.41. The quantitative estimate of drug-likeness (QED) is 0.855. The van der Waals surface area contributed by atoms with E-state index < -0.39 is 29.5 Å². The first kappa shape index (κ1) is 15.7. The molecule has 1 aliphatic heterocycles. The second-order valence-corrected chi connectivity index (χ2v) is 5.06. The average Bonchev–Trinajstić information content (AvgIpc) is 2.77. The first-order valence-corrected chi connectivity index (χ1v) is 6.63. The largest absolute Gasteiger partial charge is 0.478 e. The number of carbonyl (C=O) groups excluding carboxylic acids is 2. The second kappa shape index (κ2) is 5.19. The standard InChI is InChI=1S/C16H8F3NO4/c17-16(18,19)9-2-4-10(5-3-9)20-13(21)11-6-1-8(15(23)24)7-12(11)14(20)22/h1-7H,(H,23,24). The number of carbonyl (C=O) groups is 3. The number of halogens is 3. The Morgan fingerprint density at radius 1 is 0.917 bits per heavy atom. The molecule has 0 saturated carbocycles. The number of hydrogen-bond acceptors (Lipinski definition) is 3. The lowest BCUT2D eigenvalue weighted by atomic mass is 10.1. The van der Waals surface area contributed by atoms with E-state index in [2.05, 4.69) is 0 Å². The van der Waals surface area contributed by atoms with Crippen molar-refractivity contribution in [2.45, 2.75) is 6.18 Å². The van der Waals surface area contributed by atoms with Crippen LogP contribution in [0, 0.1) is 0 Å². The van der Waals surface area contributed by atoms with Gasteiger partial charge in [-0.25, -0.2) is 9.69 Å². The van der Waals surface area contributed by atoms with Gasteiger partial charge >= 0.3 is 12.1 Å². The van der Waals surface area contributed by atoms with Gasteiger partial charge in [-0.15, -0.1) is 0 Å². The van der Waals surface area contributed by atoms with Crippen molar-refractivity contribution in [3.05, 3.63) is 64.7 Å². The molecule has 0 saturated heterocycles. The highest BCUT2D eigenvalue weighted by Gasteiger charge is 2.38. The maximum atomic E-state index is 12.6. The van der Waals surface area contributed by atoms with Gasteiger partial charge in [0.2, 0.25) is 0 Å². The Morgan fingerprint density at radius 2 is 1.50 bits per heavy atom. The number of imide groups is 1. The fourth-order valence-electron chi connectivity index (χ4n) is 2.41. The average molecular weight is 335 g/mol. The van der Waals surface area contributed by atoms with Crippen molar-refractivity contribution in [3.8, 4) is 0 Å². The molecule has 3 rings (SSSR count). The molecule has 8 heteroatoms. The summed E-state index contributed by atoms with van der Waals surface area (Å²) in [6, 6.07) is 7.03. The minimum atomic E-state index is -4.53. The molecule has 0 aliphatic carbocycles. The minimum Gasteiger partial charge on any atom is -0.478 e. The number of rotatable bonds is 2. The van der Waals surface area contributed by atoms with E-state index in [0.717, 1.165) is 35.2 Å². The molecule has 1 heterocycles. The van der Waals surface area contributed by atoms with Crippen molar-refractivity contribution in [2.75, 3.05) is 4.90 Å². The van der Waals surface area contributed by atoms with Gasteiger partial charge in [-0.1, -0.05) is 0 Å². The van der Waals surface area contributed by atoms with Gasteiger partial charge in [-0.05, 0) is 42.5 Å². The molecular weight excluding hydrogens is 327 g/mol. The van der Waals surface area contributed by atoms with E-state index in [4.69, 9.17) is 5.11 Å². The Hall–Kier alpha value is -3.16. The van der Waals surface area contributed by atoms with Crippen LogP contribution >= 0.6 is 0 Å². The zero-order valence-corrected chi connectivity index (χ0v) is 11.8. The third-order valence-electron chi connectivity index (χ3n) is 3.59. The molecule has 0 bridgehead atoms. The summed E-state index contributed by atoms with van der Waals surface area (Å²) in [7, 11) is 0. The van der Waals surface area contributed by atoms with Gasteiger partial charge in [0.15, 0.2) is 0 Å². The van der Waals surface area contributed by atoms with Crippen molar-refractivity contribution in [1.29, 1.82) is 0 Å². The maximum absolute atomic E-state index is 12.6. The lowest BCUT2D eigenvalue weighted by molar-refractivity contribution is -0.137. The number of nitrogens with zero attached hydrogens (tertiary/aromatic N) is 1. The molecule has 5 nitrogen and oxygen atoms in total. The molecule has 0 atom stereocenters. The number of benzene rings is 2. The second-order valence-electron chi connectivity index (χ2n) is 5.06. The Labute approximate surface area is 132 Å². The fraction of sp³-hybridized carbons (Fsp3) is 0.0625. The minimum absolute atomic E-state index is 0.00454. The van der Waals surface area contributed by atoms with Gasteiger partial charge in [-0.2, -0.15) is 13.2 Å². The van der Waals surface area contributed by atoms with E-state index in [9.17, 15) is 27.6 Å². The van der Waals surface area contributed by atoms with Crippen LogP contribution in [0.15, 0.2) is 42.5 Å². The number of amides is 2. The van der Waals surface area contributed by atoms with Gasteiger partial charge in [-0.3, -0.25) is 9.59 Å². The third-order valence-corrected chi connectivity index (χ3v) is 3.59. The number of anilines is 1. The van der Waals surface area contributed by atoms with Crippen LogP contribution in [0.2, 0.25) is 0 Å². The Balaban J connectivity index is 2.00. The molecule has 0 fully saturated rings. The topological polar surface area (TPSA) is 74.7 Å². The van der Waals surface area contributed by atoms with Crippen LogP contribution in [-0.4, -0.2) is 22.9 Å². The van der Waals surface area contributed by atoms with Gasteiger partial charge in [0.25, 0.3) is 11.8 Å². The normalized spacial score (nSPS) is 14.0. The highest BCUT2D eigenvalue weighted by atomic mass is 19.4. The van der Waals surface area contributed by atoms with E-state index in [0.29, 0.717) is 0 Å². The SMILES string of the molecule is O=C(O)c1ccc2c(c1)C(=O)N(c1ccc(C(F)(F)F)cc1)C2=O. The van der Waals surface area contributed by atoms with Crippen LogP contribution in [0.25, 0.3) is 0 Å². The summed E-state index contributed by atoms with van der Waals surface area (Å²) in [6.45, 7) is 0. The summed E-state index contributed by atoms with van der Waals surface area (Å²) >= 11 is 0. The monoisotopic (exact) mass is 335 g/mol. The number of hydrogen-bond donors (Lipinski definition) is 1. The zero-order chi connectivity index (χ0) is 17.6. The van der Waals surface area contributed by atoms with Crippen LogP contribution in [0.4, 0.5) is 18.9 Å². The first-order valence-electron chi connectivity index (χ1n) is 6.63. The van der Waals surface area contributed by atoms with E-state index in [1.165, 1.54) is 12.1 Å². The lowest BCUT2D eigenvalue weighted by Gasteiger charge is -2.15. The van der Waals surface area contributed by atoms with Gasteiger partial charge in [0.1, 0.15) is 0 Å². The van der Waals surface area contributed by atoms with E-state index in [1.54, 1.807) is 0 Å². The molecular formula is C16H8F3NO4. The van der Waals surface area contributed by atoms with Crippen molar-refractivity contribution in [2.24, 2.45) is 0 Å². The molecule has 0 aromatic heterocycles. The van der Waals surface area contributed by atoms with Gasteiger partial charge < -0.3 is 5.11 Å². The van der Waals surface area contributed by atoms with Crippen LogP contribution in [0.1, 0.15) is 36.6 Å². The van der Waals surface area contributed by atoms with Gasteiger partial charge in [0.05, 0.1) is 27.9 Å². The van der Waals surface area contributed by atoms with E-state index >= 15 is 0 Å². The van der Waals surface area contributed by atoms with Crippen molar-refractivity contribution in [3.63, 3.8) is 0 Å². The van der Waals surface area contributed by atoms with Crippen molar-refractivity contribution >= 4 is 23.5 Å². The molecule has 1 aliphatic rings. The number of carboxylic acid groups (broad SMARTS) is 1. The molecule has 0 unspecified atom stereocenters. The number of fused-ring (bicyclic) bond motifs is 1. The summed E-state index contributed by atoms with van der Waals surface area (Å²) in [6.07, 6.45) is -4.53. The Morgan fingerprint density at radius 3 is 2.04 bits per heavy atom. The maximum Gasteiger partial charge on any atom is 0.416 e. The van der Waals surface area contributed by atoms with E-state index in [-0.39, 0.29) is 22.4 Å². The molecule has 122 valence electrons. The Bertz CT molecular complexity index is 872. The molecule has 2 aromatic rings. The van der Waals surface area contributed by atoms with Crippen LogP contribution in [0.5, 0.6) is 0 Å².